The van der Waals surface area contributed by atoms with Crippen LogP contribution in [0, 0.1) is 10.8 Å². The highest BCUT2D eigenvalue weighted by Gasteiger charge is 2.50. The molecule has 0 unspecified atom stereocenters. The van der Waals surface area contributed by atoms with E-state index in [1.165, 1.54) is 5.56 Å². The molecule has 1 amide bonds. The van der Waals surface area contributed by atoms with Crippen LogP contribution in [0.15, 0.2) is 30.3 Å². The number of benzene rings is 1. The van der Waals surface area contributed by atoms with Gasteiger partial charge in [-0.25, -0.2) is 4.79 Å². The molecule has 2 N–H and O–H groups in total. The third-order valence-corrected chi connectivity index (χ3v) is 8.72. The highest BCUT2D eigenvalue weighted by Crippen LogP contribution is 2.52. The van der Waals surface area contributed by atoms with Gasteiger partial charge in [-0.2, -0.15) is 13.2 Å². The molecule has 1 saturated carbocycles. The number of alkyl halides is 3. The molecule has 3 aliphatic rings. The van der Waals surface area contributed by atoms with Crippen LogP contribution in [0.25, 0.3) is 0 Å². The first kappa shape index (κ1) is 29.9. The maximum atomic E-state index is 12.9. The fourth-order valence-electron chi connectivity index (χ4n) is 6.14. The van der Waals surface area contributed by atoms with Crippen molar-refractivity contribution in [2.45, 2.75) is 63.1 Å². The third kappa shape index (κ3) is 6.48. The van der Waals surface area contributed by atoms with Gasteiger partial charge in [0.05, 0.1) is 5.41 Å². The van der Waals surface area contributed by atoms with E-state index >= 15 is 0 Å². The number of aliphatic carboxylic acids is 2. The highest BCUT2D eigenvalue weighted by molar-refractivity contribution is 5.80. The average Bonchev–Trinajstić information content (AvgIpc) is 3.18. The number of ether oxygens (including phenoxy) is 1. The number of carboxylic acids is 2. The quantitative estimate of drug-likeness (QED) is 0.556. The fourth-order valence-corrected chi connectivity index (χ4v) is 6.14. The van der Waals surface area contributed by atoms with Crippen LogP contribution in [-0.2, 0) is 24.7 Å². The van der Waals surface area contributed by atoms with Gasteiger partial charge >= 0.3 is 18.1 Å². The molecule has 11 heteroatoms. The molecule has 0 radical (unpaired) electrons. The van der Waals surface area contributed by atoms with Crippen molar-refractivity contribution in [3.63, 3.8) is 0 Å². The number of carbonyl (C=O) groups is 3. The maximum absolute atomic E-state index is 12.9. The van der Waals surface area contributed by atoms with Crippen molar-refractivity contribution >= 4 is 17.8 Å². The summed E-state index contributed by atoms with van der Waals surface area (Å²) in [4.78, 5) is 38.1. The van der Waals surface area contributed by atoms with Gasteiger partial charge in [0.1, 0.15) is 0 Å². The van der Waals surface area contributed by atoms with Gasteiger partial charge in [0.25, 0.3) is 0 Å². The number of hydrogen-bond acceptors (Lipinski definition) is 5. The molecule has 3 fully saturated rings. The van der Waals surface area contributed by atoms with E-state index in [-0.39, 0.29) is 16.9 Å². The largest absolute Gasteiger partial charge is 0.490 e. The van der Waals surface area contributed by atoms with E-state index in [0.29, 0.717) is 45.4 Å². The van der Waals surface area contributed by atoms with Gasteiger partial charge in [0, 0.05) is 38.3 Å². The zero-order chi connectivity index (χ0) is 28.2. The molecule has 1 aromatic carbocycles. The monoisotopic (exact) mass is 542 g/mol. The molecular weight excluding hydrogens is 505 g/mol. The van der Waals surface area contributed by atoms with Gasteiger partial charge in [-0.15, -0.1) is 0 Å². The Bertz CT molecular complexity index is 984. The SMILES string of the molecule is CN(C)C1(c2ccccc2)CCC2(CC1)CC(=O)N(CCC1(C(=O)O)CCOCC1)C2.O=C(O)C(F)(F)F. The number of carbonyl (C=O) groups excluding carboxylic acids is 1. The summed E-state index contributed by atoms with van der Waals surface area (Å²) in [6.45, 7) is 2.31. The predicted octanol–water partition coefficient (Wildman–Crippen LogP) is 4.14. The topological polar surface area (TPSA) is 107 Å². The molecule has 38 heavy (non-hydrogen) atoms. The van der Waals surface area contributed by atoms with Crippen LogP contribution >= 0.6 is 0 Å². The van der Waals surface area contributed by atoms with Crippen LogP contribution in [0.3, 0.4) is 0 Å². The van der Waals surface area contributed by atoms with E-state index in [1.54, 1.807) is 0 Å². The molecule has 0 aromatic heterocycles. The van der Waals surface area contributed by atoms with Crippen molar-refractivity contribution in [2.24, 2.45) is 10.8 Å². The lowest BCUT2D eigenvalue weighted by molar-refractivity contribution is -0.192. The van der Waals surface area contributed by atoms with E-state index in [2.05, 4.69) is 49.3 Å². The highest BCUT2D eigenvalue weighted by atomic mass is 19.4. The first-order chi connectivity index (χ1) is 17.8. The molecule has 8 nitrogen and oxygen atoms in total. The Morgan fingerprint density at radius 1 is 1.00 bits per heavy atom. The minimum Gasteiger partial charge on any atom is -0.481 e. The number of halogens is 3. The summed E-state index contributed by atoms with van der Waals surface area (Å²) in [5, 5.41) is 16.9. The lowest BCUT2D eigenvalue weighted by Gasteiger charge is -2.49. The second kappa shape index (κ2) is 11.6. The van der Waals surface area contributed by atoms with Crippen molar-refractivity contribution in [1.82, 2.24) is 9.80 Å². The molecule has 1 aliphatic carbocycles. The first-order valence-electron chi connectivity index (χ1n) is 12.9. The van der Waals surface area contributed by atoms with Crippen LogP contribution in [0.1, 0.15) is 56.9 Å². The summed E-state index contributed by atoms with van der Waals surface area (Å²) in [6, 6.07) is 10.7. The minimum absolute atomic E-state index is 0.0262. The number of hydrogen-bond donors (Lipinski definition) is 2. The third-order valence-electron chi connectivity index (χ3n) is 8.72. The smallest absolute Gasteiger partial charge is 0.481 e. The summed E-state index contributed by atoms with van der Waals surface area (Å²) >= 11 is 0. The van der Waals surface area contributed by atoms with Gasteiger partial charge in [0.15, 0.2) is 0 Å². The van der Waals surface area contributed by atoms with Gasteiger partial charge in [-0.1, -0.05) is 30.3 Å². The summed E-state index contributed by atoms with van der Waals surface area (Å²) < 4.78 is 37.1. The van der Waals surface area contributed by atoms with E-state index in [4.69, 9.17) is 14.6 Å². The van der Waals surface area contributed by atoms with Crippen molar-refractivity contribution in [3.05, 3.63) is 35.9 Å². The Morgan fingerprint density at radius 2 is 1.55 bits per heavy atom. The zero-order valence-electron chi connectivity index (χ0n) is 21.9. The molecule has 1 spiro atoms. The lowest BCUT2D eigenvalue weighted by Crippen LogP contribution is -2.47. The molecule has 0 atom stereocenters. The van der Waals surface area contributed by atoms with Crippen LogP contribution in [0.4, 0.5) is 13.2 Å². The van der Waals surface area contributed by atoms with Crippen molar-refractivity contribution in [2.75, 3.05) is 40.4 Å². The molecule has 0 bridgehead atoms. The summed E-state index contributed by atoms with van der Waals surface area (Å²) in [5.41, 5.74) is 0.684. The van der Waals surface area contributed by atoms with Crippen LogP contribution in [0.2, 0.25) is 0 Å². The predicted molar refractivity (Wildman–Crippen MR) is 132 cm³/mol. The van der Waals surface area contributed by atoms with Crippen molar-refractivity contribution in [1.29, 1.82) is 0 Å². The normalized spacial score (nSPS) is 27.2. The maximum Gasteiger partial charge on any atom is 0.490 e. The van der Waals surface area contributed by atoms with Gasteiger partial charge in [-0.05, 0) is 70.0 Å². The standard InChI is InChI=1S/C25H36N2O4.C2HF3O2/c1-26(2)25(20-6-4-3-5-7-20)10-8-23(9-11-25)18-21(28)27(19-23)15-12-24(22(29)30)13-16-31-17-14-24;3-2(4,5)1(6)7/h3-7H,8-19H2,1-2H3,(H,29,30);(H,6,7). The number of nitrogens with zero attached hydrogens (tertiary/aromatic N) is 2. The summed E-state index contributed by atoms with van der Waals surface area (Å²) in [6.07, 6.45) is 1.27. The Balaban J connectivity index is 0.000000505. The second-order valence-electron chi connectivity index (χ2n) is 11.0. The number of rotatable bonds is 6. The number of carboxylic acid groups (broad SMARTS) is 2. The minimum atomic E-state index is -5.08. The first-order valence-corrected chi connectivity index (χ1v) is 12.9. The fraction of sp³-hybridized carbons (Fsp3) is 0.667. The van der Waals surface area contributed by atoms with E-state index in [9.17, 15) is 27.9 Å². The molecule has 4 rings (SSSR count). The molecule has 2 heterocycles. The molecule has 2 saturated heterocycles. The van der Waals surface area contributed by atoms with E-state index in [1.807, 2.05) is 4.90 Å². The number of likely N-dealkylation sites (tertiary alicyclic amines) is 1. The van der Waals surface area contributed by atoms with Gasteiger partial charge in [-0.3, -0.25) is 14.5 Å². The van der Waals surface area contributed by atoms with Crippen LogP contribution in [-0.4, -0.2) is 84.4 Å². The molecule has 2 aliphatic heterocycles. The lowest BCUT2D eigenvalue weighted by atomic mass is 9.64. The zero-order valence-corrected chi connectivity index (χ0v) is 21.9. The van der Waals surface area contributed by atoms with E-state index < -0.39 is 23.5 Å². The summed E-state index contributed by atoms with van der Waals surface area (Å²) in [7, 11) is 4.33. The number of amides is 1. The second-order valence-corrected chi connectivity index (χ2v) is 11.0. The van der Waals surface area contributed by atoms with Gasteiger partial charge < -0.3 is 19.8 Å². The Morgan fingerprint density at radius 3 is 2.03 bits per heavy atom. The molecule has 1 aromatic rings. The molecule has 212 valence electrons. The average molecular weight is 543 g/mol. The summed E-state index contributed by atoms with van der Waals surface area (Å²) in [5.74, 6) is -3.30. The Hall–Kier alpha value is -2.66. The van der Waals surface area contributed by atoms with Crippen LogP contribution < -0.4 is 0 Å². The van der Waals surface area contributed by atoms with Crippen molar-refractivity contribution < 1.29 is 42.5 Å². The van der Waals surface area contributed by atoms with Crippen molar-refractivity contribution in [3.8, 4) is 0 Å². The Labute approximate surface area is 220 Å². The van der Waals surface area contributed by atoms with Gasteiger partial charge in [0.2, 0.25) is 5.91 Å². The molecular formula is C27H37F3N2O6. The van der Waals surface area contributed by atoms with Crippen LogP contribution in [0.5, 0.6) is 0 Å². The van der Waals surface area contributed by atoms with E-state index in [0.717, 1.165) is 32.2 Å². The Kier molecular flexibility index (Phi) is 9.13.